The predicted molar refractivity (Wildman–Crippen MR) is 70.0 cm³/mol. The Morgan fingerprint density at radius 3 is 2.94 bits per heavy atom. The molecule has 1 aliphatic rings. The van der Waals surface area contributed by atoms with Crippen molar-refractivity contribution in [3.05, 3.63) is 11.9 Å². The monoisotopic (exact) mass is 252 g/mol. The first-order valence-electron chi connectivity index (χ1n) is 7.03. The van der Waals surface area contributed by atoms with Gasteiger partial charge in [0.25, 0.3) is 0 Å². The highest BCUT2D eigenvalue weighted by Crippen LogP contribution is 2.26. The van der Waals surface area contributed by atoms with E-state index in [1.54, 1.807) is 4.68 Å². The molecule has 0 spiro atoms. The summed E-state index contributed by atoms with van der Waals surface area (Å²) >= 11 is 0. The number of hydrogen-bond donors (Lipinski definition) is 2. The molecule has 0 unspecified atom stereocenters. The van der Waals surface area contributed by atoms with Crippen molar-refractivity contribution in [3.8, 4) is 0 Å². The molecule has 5 heteroatoms. The van der Waals surface area contributed by atoms with E-state index in [-0.39, 0.29) is 6.61 Å². The van der Waals surface area contributed by atoms with Crippen molar-refractivity contribution in [2.45, 2.75) is 58.2 Å². The topological polar surface area (TPSA) is 63.0 Å². The van der Waals surface area contributed by atoms with Crippen LogP contribution in [0.25, 0.3) is 0 Å². The minimum absolute atomic E-state index is 0.106. The van der Waals surface area contributed by atoms with Crippen molar-refractivity contribution in [1.82, 2.24) is 20.3 Å². The van der Waals surface area contributed by atoms with Gasteiger partial charge in [0.1, 0.15) is 0 Å². The van der Waals surface area contributed by atoms with Crippen LogP contribution >= 0.6 is 0 Å². The number of rotatable bonds is 6. The Hall–Kier alpha value is -0.940. The Bertz CT molecular complexity index is 347. The summed E-state index contributed by atoms with van der Waals surface area (Å²) in [4.78, 5) is 0. The lowest BCUT2D eigenvalue weighted by atomic mass is 9.84. The van der Waals surface area contributed by atoms with Crippen molar-refractivity contribution in [3.63, 3.8) is 0 Å². The summed E-state index contributed by atoms with van der Waals surface area (Å²) in [6.45, 7) is 3.66. The Labute approximate surface area is 109 Å². The lowest BCUT2D eigenvalue weighted by Gasteiger charge is -2.28. The molecule has 5 nitrogen and oxygen atoms in total. The van der Waals surface area contributed by atoms with Crippen LogP contribution in [0.2, 0.25) is 0 Å². The van der Waals surface area contributed by atoms with Gasteiger partial charge in [0.2, 0.25) is 0 Å². The number of aliphatic hydroxyl groups is 1. The second kappa shape index (κ2) is 6.85. The van der Waals surface area contributed by atoms with Gasteiger partial charge < -0.3 is 10.4 Å². The third-order valence-electron chi connectivity index (χ3n) is 3.88. The minimum Gasteiger partial charge on any atom is -0.394 e. The van der Waals surface area contributed by atoms with Gasteiger partial charge in [0, 0.05) is 18.8 Å². The zero-order valence-electron chi connectivity index (χ0n) is 11.2. The molecule has 1 fully saturated rings. The first-order chi connectivity index (χ1) is 8.79. The average Bonchev–Trinajstić information content (AvgIpc) is 2.85. The van der Waals surface area contributed by atoms with Crippen molar-refractivity contribution in [2.75, 3.05) is 6.61 Å². The molecule has 2 N–H and O–H groups in total. The van der Waals surface area contributed by atoms with Gasteiger partial charge in [-0.1, -0.05) is 24.5 Å². The van der Waals surface area contributed by atoms with E-state index in [9.17, 15) is 0 Å². The SMILES string of the molecule is C[C@H](NCc1cn(CCO)nn1)C1CCCCC1. The van der Waals surface area contributed by atoms with E-state index in [1.165, 1.54) is 32.1 Å². The largest absolute Gasteiger partial charge is 0.394 e. The molecule has 1 saturated carbocycles. The lowest BCUT2D eigenvalue weighted by Crippen LogP contribution is -2.34. The molecule has 0 aliphatic heterocycles. The number of hydrogen-bond acceptors (Lipinski definition) is 4. The smallest absolute Gasteiger partial charge is 0.0964 e. The van der Waals surface area contributed by atoms with Gasteiger partial charge in [0.15, 0.2) is 0 Å². The van der Waals surface area contributed by atoms with E-state index in [0.717, 1.165) is 18.2 Å². The highest BCUT2D eigenvalue weighted by molar-refractivity contribution is 4.92. The van der Waals surface area contributed by atoms with Gasteiger partial charge in [-0.15, -0.1) is 5.10 Å². The summed E-state index contributed by atoms with van der Waals surface area (Å²) in [7, 11) is 0. The van der Waals surface area contributed by atoms with E-state index in [4.69, 9.17) is 5.11 Å². The Kier molecular flexibility index (Phi) is 5.13. The summed E-state index contributed by atoms with van der Waals surface area (Å²) in [5, 5.41) is 20.4. The van der Waals surface area contributed by atoms with Gasteiger partial charge in [-0.25, -0.2) is 4.68 Å². The van der Waals surface area contributed by atoms with Crippen LogP contribution in [0.4, 0.5) is 0 Å². The van der Waals surface area contributed by atoms with Gasteiger partial charge in [-0.05, 0) is 25.7 Å². The van der Waals surface area contributed by atoms with Crippen LogP contribution in [0, 0.1) is 5.92 Å². The van der Waals surface area contributed by atoms with E-state index >= 15 is 0 Å². The Balaban J connectivity index is 1.75. The van der Waals surface area contributed by atoms with Crippen LogP contribution in [0.3, 0.4) is 0 Å². The number of aliphatic hydroxyl groups excluding tert-OH is 1. The molecule has 0 radical (unpaired) electrons. The second-order valence-corrected chi connectivity index (χ2v) is 5.26. The maximum Gasteiger partial charge on any atom is 0.0964 e. The zero-order valence-corrected chi connectivity index (χ0v) is 11.2. The second-order valence-electron chi connectivity index (χ2n) is 5.26. The van der Waals surface area contributed by atoms with Crippen LogP contribution in [-0.4, -0.2) is 32.7 Å². The average molecular weight is 252 g/mol. The third kappa shape index (κ3) is 3.78. The molecule has 2 rings (SSSR count). The molecule has 18 heavy (non-hydrogen) atoms. The molecular formula is C13H24N4O. The van der Waals surface area contributed by atoms with Crippen LogP contribution in [-0.2, 0) is 13.1 Å². The van der Waals surface area contributed by atoms with E-state index < -0.39 is 0 Å². The third-order valence-corrected chi connectivity index (χ3v) is 3.88. The van der Waals surface area contributed by atoms with Gasteiger partial charge in [-0.2, -0.15) is 0 Å². The molecule has 1 aromatic rings. The summed E-state index contributed by atoms with van der Waals surface area (Å²) in [6, 6.07) is 0.549. The molecular weight excluding hydrogens is 228 g/mol. The first-order valence-corrected chi connectivity index (χ1v) is 7.03. The Morgan fingerprint density at radius 2 is 2.22 bits per heavy atom. The molecule has 1 aromatic heterocycles. The fourth-order valence-corrected chi connectivity index (χ4v) is 2.70. The highest BCUT2D eigenvalue weighted by Gasteiger charge is 2.19. The van der Waals surface area contributed by atoms with Gasteiger partial charge in [0.05, 0.1) is 18.8 Å². The molecule has 102 valence electrons. The predicted octanol–water partition coefficient (Wildman–Crippen LogP) is 1.33. The normalized spacial score (nSPS) is 19.0. The van der Waals surface area contributed by atoms with Crippen LogP contribution < -0.4 is 5.32 Å². The maximum absolute atomic E-state index is 8.81. The van der Waals surface area contributed by atoms with Gasteiger partial charge in [-0.3, -0.25) is 0 Å². The van der Waals surface area contributed by atoms with Crippen LogP contribution in [0.15, 0.2) is 6.20 Å². The van der Waals surface area contributed by atoms with E-state index in [1.807, 2.05) is 6.20 Å². The molecule has 0 amide bonds. The molecule has 1 aliphatic carbocycles. The van der Waals surface area contributed by atoms with Gasteiger partial charge >= 0.3 is 0 Å². The molecule has 0 saturated heterocycles. The summed E-state index contributed by atoms with van der Waals surface area (Å²) in [5.41, 5.74) is 0.950. The number of nitrogens with zero attached hydrogens (tertiary/aromatic N) is 3. The fraction of sp³-hybridized carbons (Fsp3) is 0.846. The molecule has 1 heterocycles. The van der Waals surface area contributed by atoms with Crippen molar-refractivity contribution in [2.24, 2.45) is 5.92 Å². The summed E-state index contributed by atoms with van der Waals surface area (Å²) in [6.07, 6.45) is 8.76. The fourth-order valence-electron chi connectivity index (χ4n) is 2.70. The number of aromatic nitrogens is 3. The highest BCUT2D eigenvalue weighted by atomic mass is 16.3. The summed E-state index contributed by atoms with van der Waals surface area (Å²) in [5.74, 6) is 0.811. The van der Waals surface area contributed by atoms with Crippen LogP contribution in [0.5, 0.6) is 0 Å². The zero-order chi connectivity index (χ0) is 12.8. The van der Waals surface area contributed by atoms with E-state index in [0.29, 0.717) is 12.6 Å². The van der Waals surface area contributed by atoms with Crippen LogP contribution in [0.1, 0.15) is 44.7 Å². The quantitative estimate of drug-likeness (QED) is 0.801. The van der Waals surface area contributed by atoms with Crippen molar-refractivity contribution in [1.29, 1.82) is 0 Å². The van der Waals surface area contributed by atoms with Crippen molar-refractivity contribution >= 4 is 0 Å². The molecule has 1 atom stereocenters. The van der Waals surface area contributed by atoms with E-state index in [2.05, 4.69) is 22.6 Å². The summed E-state index contributed by atoms with van der Waals surface area (Å²) < 4.78 is 1.68. The Morgan fingerprint density at radius 1 is 1.44 bits per heavy atom. The number of nitrogens with one attached hydrogen (secondary N) is 1. The molecule has 0 aromatic carbocycles. The first kappa shape index (κ1) is 13.5. The molecule has 0 bridgehead atoms. The standard InChI is InChI=1S/C13H24N4O/c1-11(12-5-3-2-4-6-12)14-9-13-10-17(7-8-18)16-15-13/h10-12,14,18H,2-9H2,1H3/t11-/m0/s1. The maximum atomic E-state index is 8.81. The minimum atomic E-state index is 0.106. The lowest BCUT2D eigenvalue weighted by molar-refractivity contribution is 0.268. The van der Waals surface area contributed by atoms with Crippen molar-refractivity contribution < 1.29 is 5.11 Å².